The molecular formula is C12H16N2O6S. The molecule has 116 valence electrons. The average Bonchev–Trinajstić information content (AvgIpc) is 2.89. The minimum atomic E-state index is -3.84. The number of rotatable bonds is 4. The van der Waals surface area contributed by atoms with Gasteiger partial charge in [-0.3, -0.25) is 4.79 Å². The first-order valence-electron chi connectivity index (χ1n) is 6.41. The Bertz CT molecular complexity index is 642. The van der Waals surface area contributed by atoms with Crippen LogP contribution in [0.2, 0.25) is 0 Å². The summed E-state index contributed by atoms with van der Waals surface area (Å²) in [7, 11) is -3.84. The van der Waals surface area contributed by atoms with E-state index in [1.165, 1.54) is 11.2 Å². The first-order valence-corrected chi connectivity index (χ1v) is 7.85. The number of amides is 1. The van der Waals surface area contributed by atoms with Gasteiger partial charge in [0.05, 0.1) is 0 Å². The van der Waals surface area contributed by atoms with Crippen LogP contribution in [0.15, 0.2) is 21.6 Å². The van der Waals surface area contributed by atoms with Crippen LogP contribution in [-0.2, 0) is 14.8 Å². The molecule has 1 aromatic heterocycles. The van der Waals surface area contributed by atoms with Crippen molar-refractivity contribution in [2.75, 3.05) is 13.1 Å². The van der Waals surface area contributed by atoms with Crippen LogP contribution in [0.25, 0.3) is 0 Å². The maximum Gasteiger partial charge on any atom is 0.371 e. The standard InChI is InChI=1S/C12H16N2O6S/c1-8(15)13-9-4-6-14(7-5-9)21(18,19)11-3-2-10(20-11)12(16)17/h2-3,9H,4-7H2,1H3,(H,13,15)(H,16,17). The number of nitrogens with one attached hydrogen (secondary N) is 1. The molecule has 1 saturated heterocycles. The van der Waals surface area contributed by atoms with Gasteiger partial charge in [0.1, 0.15) is 0 Å². The Labute approximate surface area is 121 Å². The fourth-order valence-corrected chi connectivity index (χ4v) is 3.61. The molecule has 9 heteroatoms. The van der Waals surface area contributed by atoms with E-state index in [2.05, 4.69) is 5.32 Å². The number of carboxylic acid groups (broad SMARTS) is 1. The van der Waals surface area contributed by atoms with Gasteiger partial charge in [0.2, 0.25) is 16.8 Å². The Morgan fingerprint density at radius 2 is 1.95 bits per heavy atom. The van der Waals surface area contributed by atoms with Gasteiger partial charge in [-0.2, -0.15) is 4.31 Å². The zero-order chi connectivity index (χ0) is 15.6. The number of furan rings is 1. The molecule has 1 aliphatic heterocycles. The first-order chi connectivity index (χ1) is 9.80. The Hall–Kier alpha value is -1.87. The molecule has 0 unspecified atom stereocenters. The average molecular weight is 316 g/mol. The summed E-state index contributed by atoms with van der Waals surface area (Å²) >= 11 is 0. The number of piperidine rings is 1. The van der Waals surface area contributed by atoms with Crippen LogP contribution < -0.4 is 5.32 Å². The second-order valence-electron chi connectivity index (χ2n) is 4.80. The predicted octanol–water partition coefficient (Wildman–Crippen LogP) is 0.267. The van der Waals surface area contributed by atoms with Crippen LogP contribution in [0.5, 0.6) is 0 Å². The zero-order valence-electron chi connectivity index (χ0n) is 11.4. The molecule has 1 aromatic rings. The van der Waals surface area contributed by atoms with Crippen LogP contribution in [0.4, 0.5) is 0 Å². The number of nitrogens with zero attached hydrogens (tertiary/aromatic N) is 1. The lowest BCUT2D eigenvalue weighted by atomic mass is 10.1. The van der Waals surface area contributed by atoms with Crippen molar-refractivity contribution in [3.63, 3.8) is 0 Å². The summed E-state index contributed by atoms with van der Waals surface area (Å²) in [5.74, 6) is -1.88. The van der Waals surface area contributed by atoms with E-state index in [4.69, 9.17) is 9.52 Å². The molecule has 2 heterocycles. The molecule has 1 aliphatic rings. The normalized spacial score (nSPS) is 17.6. The molecule has 0 spiro atoms. The van der Waals surface area contributed by atoms with E-state index in [1.807, 2.05) is 0 Å². The van der Waals surface area contributed by atoms with Crippen LogP contribution in [-0.4, -0.2) is 48.8 Å². The van der Waals surface area contributed by atoms with E-state index in [0.717, 1.165) is 12.1 Å². The second-order valence-corrected chi connectivity index (χ2v) is 6.67. The predicted molar refractivity (Wildman–Crippen MR) is 71.3 cm³/mol. The van der Waals surface area contributed by atoms with Crippen molar-refractivity contribution in [1.29, 1.82) is 0 Å². The highest BCUT2D eigenvalue weighted by Crippen LogP contribution is 2.22. The van der Waals surface area contributed by atoms with Gasteiger partial charge in [0.25, 0.3) is 10.0 Å². The first kappa shape index (κ1) is 15.5. The van der Waals surface area contributed by atoms with Crippen molar-refractivity contribution in [3.05, 3.63) is 17.9 Å². The Morgan fingerprint density at radius 3 is 2.43 bits per heavy atom. The third-order valence-corrected chi connectivity index (χ3v) is 5.02. The molecule has 2 rings (SSSR count). The molecule has 0 atom stereocenters. The SMILES string of the molecule is CC(=O)NC1CCN(S(=O)(=O)c2ccc(C(=O)O)o2)CC1. The van der Waals surface area contributed by atoms with Crippen LogP contribution in [0.1, 0.15) is 30.3 Å². The lowest BCUT2D eigenvalue weighted by Gasteiger charge is -2.30. The fraction of sp³-hybridized carbons (Fsp3) is 0.500. The number of carbonyl (C=O) groups excluding carboxylic acids is 1. The summed E-state index contributed by atoms with van der Waals surface area (Å²) in [5.41, 5.74) is 0. The number of hydrogen-bond acceptors (Lipinski definition) is 5. The molecule has 2 N–H and O–H groups in total. The molecular weight excluding hydrogens is 300 g/mol. The van der Waals surface area contributed by atoms with E-state index in [-0.39, 0.29) is 30.1 Å². The monoisotopic (exact) mass is 316 g/mol. The van der Waals surface area contributed by atoms with Crippen molar-refractivity contribution >= 4 is 21.9 Å². The number of carboxylic acids is 1. The van der Waals surface area contributed by atoms with Crippen molar-refractivity contribution in [2.45, 2.75) is 30.9 Å². The summed E-state index contributed by atoms with van der Waals surface area (Å²) in [6.45, 7) is 1.91. The highest BCUT2D eigenvalue weighted by molar-refractivity contribution is 7.89. The van der Waals surface area contributed by atoms with E-state index in [1.54, 1.807) is 0 Å². The molecule has 0 radical (unpaired) electrons. The van der Waals surface area contributed by atoms with Gasteiger partial charge in [0.15, 0.2) is 0 Å². The summed E-state index contributed by atoms with van der Waals surface area (Å²) in [6, 6.07) is 2.21. The largest absolute Gasteiger partial charge is 0.475 e. The summed E-state index contributed by atoms with van der Waals surface area (Å²) in [5, 5.41) is 11.1. The summed E-state index contributed by atoms with van der Waals surface area (Å²) in [6.07, 6.45) is 1.01. The molecule has 1 fully saturated rings. The van der Waals surface area contributed by atoms with Crippen molar-refractivity contribution in [1.82, 2.24) is 9.62 Å². The summed E-state index contributed by atoms with van der Waals surface area (Å²) in [4.78, 5) is 21.7. The smallest absolute Gasteiger partial charge is 0.371 e. The molecule has 0 bridgehead atoms. The highest BCUT2D eigenvalue weighted by Gasteiger charge is 2.32. The maximum atomic E-state index is 12.3. The summed E-state index contributed by atoms with van der Waals surface area (Å²) < 4.78 is 30.7. The highest BCUT2D eigenvalue weighted by atomic mass is 32.2. The molecule has 0 aromatic carbocycles. The van der Waals surface area contributed by atoms with Crippen molar-refractivity contribution in [2.24, 2.45) is 0 Å². The minimum absolute atomic E-state index is 0.0415. The quantitative estimate of drug-likeness (QED) is 0.823. The Balaban J connectivity index is 2.07. The number of sulfonamides is 1. The van der Waals surface area contributed by atoms with Gasteiger partial charge in [-0.25, -0.2) is 13.2 Å². The molecule has 8 nitrogen and oxygen atoms in total. The lowest BCUT2D eigenvalue weighted by Crippen LogP contribution is -2.45. The lowest BCUT2D eigenvalue weighted by molar-refractivity contribution is -0.119. The van der Waals surface area contributed by atoms with Gasteiger partial charge >= 0.3 is 5.97 Å². The fourth-order valence-electron chi connectivity index (χ4n) is 2.23. The van der Waals surface area contributed by atoms with Gasteiger partial charge in [0, 0.05) is 26.1 Å². The number of hydrogen-bond donors (Lipinski definition) is 2. The maximum absolute atomic E-state index is 12.3. The van der Waals surface area contributed by atoms with Crippen molar-refractivity contribution < 1.29 is 27.5 Å². The molecule has 1 amide bonds. The van der Waals surface area contributed by atoms with E-state index >= 15 is 0 Å². The van der Waals surface area contributed by atoms with Crippen LogP contribution in [0, 0.1) is 0 Å². The Kier molecular flexibility index (Phi) is 4.33. The van der Waals surface area contributed by atoms with Crippen LogP contribution >= 0.6 is 0 Å². The third kappa shape index (κ3) is 3.42. The van der Waals surface area contributed by atoms with Crippen molar-refractivity contribution in [3.8, 4) is 0 Å². The Morgan fingerprint density at radius 1 is 1.33 bits per heavy atom. The van der Waals surface area contributed by atoms with Gasteiger partial charge in [-0.05, 0) is 25.0 Å². The minimum Gasteiger partial charge on any atom is -0.475 e. The van der Waals surface area contributed by atoms with Gasteiger partial charge in [-0.15, -0.1) is 0 Å². The molecule has 0 aliphatic carbocycles. The van der Waals surface area contributed by atoms with Gasteiger partial charge < -0.3 is 14.8 Å². The molecule has 21 heavy (non-hydrogen) atoms. The van der Waals surface area contributed by atoms with Gasteiger partial charge in [-0.1, -0.05) is 0 Å². The topological polar surface area (TPSA) is 117 Å². The van der Waals surface area contributed by atoms with E-state index < -0.39 is 21.8 Å². The van der Waals surface area contributed by atoms with E-state index in [9.17, 15) is 18.0 Å². The zero-order valence-corrected chi connectivity index (χ0v) is 12.2. The second kappa shape index (κ2) is 5.86. The number of aromatic carboxylic acids is 1. The molecule has 0 saturated carbocycles. The van der Waals surface area contributed by atoms with Crippen LogP contribution in [0.3, 0.4) is 0 Å². The van der Waals surface area contributed by atoms with E-state index in [0.29, 0.717) is 12.8 Å². The third-order valence-electron chi connectivity index (χ3n) is 3.25. The number of carbonyl (C=O) groups is 2.